The lowest BCUT2D eigenvalue weighted by Crippen LogP contribution is -2.34. The molecule has 0 aromatic heterocycles. The van der Waals surface area contributed by atoms with Crippen molar-refractivity contribution in [2.45, 2.75) is 11.8 Å². The number of hydrogen-bond donors (Lipinski definition) is 2. The molecule has 0 aliphatic carbocycles. The number of nitrogens with zero attached hydrogens (tertiary/aromatic N) is 3. The van der Waals surface area contributed by atoms with Crippen molar-refractivity contribution in [1.82, 2.24) is 5.32 Å². The van der Waals surface area contributed by atoms with E-state index in [0.29, 0.717) is 0 Å². The second-order valence-corrected chi connectivity index (χ2v) is 9.53. The smallest absolute Gasteiger partial charge is 0.300 e. The average Bonchev–Trinajstić information content (AvgIpc) is 2.81. The Morgan fingerprint density at radius 1 is 1.14 bits per heavy atom. The number of rotatable bonds is 13. The maximum Gasteiger partial charge on any atom is 0.300 e. The molecule has 0 bridgehead atoms. The molecule has 0 atom stereocenters. The van der Waals surface area contributed by atoms with Gasteiger partial charge in [-0.3, -0.25) is 29.2 Å². The molecular weight excluding hydrogens is 552 g/mol. The van der Waals surface area contributed by atoms with E-state index in [1.165, 1.54) is 17.0 Å². The standard InChI is InChI=1S/C20H23BrN4O9S/c1-14-2-4-16(5-3-14)35(32,33)34-11-9-23(8-6-21)19-17(20(27)22-7-10-26)12-15(24(28)29)13-18(19)25(30)31/h2-5,12-13,26H,6-11H2,1H3,(H,22,27). The highest BCUT2D eigenvalue weighted by atomic mass is 79.9. The van der Waals surface area contributed by atoms with Crippen LogP contribution in [0.1, 0.15) is 15.9 Å². The lowest BCUT2D eigenvalue weighted by atomic mass is 10.1. The van der Waals surface area contributed by atoms with Crippen LogP contribution in [0.2, 0.25) is 0 Å². The molecule has 2 aromatic carbocycles. The number of aliphatic hydroxyl groups is 1. The Morgan fingerprint density at radius 3 is 2.34 bits per heavy atom. The Bertz CT molecular complexity index is 1190. The van der Waals surface area contributed by atoms with Crippen molar-refractivity contribution in [1.29, 1.82) is 0 Å². The van der Waals surface area contributed by atoms with Gasteiger partial charge >= 0.3 is 0 Å². The van der Waals surface area contributed by atoms with Crippen LogP contribution in [-0.4, -0.2) is 67.5 Å². The minimum atomic E-state index is -4.12. The highest BCUT2D eigenvalue weighted by Gasteiger charge is 2.31. The maximum absolute atomic E-state index is 12.7. The molecule has 0 heterocycles. The van der Waals surface area contributed by atoms with Crippen LogP contribution in [0.5, 0.6) is 0 Å². The third kappa shape index (κ3) is 7.42. The summed E-state index contributed by atoms with van der Waals surface area (Å²) in [7, 11) is -4.12. The van der Waals surface area contributed by atoms with Gasteiger partial charge in [0.05, 0.1) is 39.6 Å². The van der Waals surface area contributed by atoms with Crippen LogP contribution in [0.3, 0.4) is 0 Å². The fraction of sp³-hybridized carbons (Fsp3) is 0.350. The molecule has 2 aromatic rings. The molecule has 0 unspecified atom stereocenters. The summed E-state index contributed by atoms with van der Waals surface area (Å²) < 4.78 is 30.1. The topological polar surface area (TPSA) is 182 Å². The summed E-state index contributed by atoms with van der Waals surface area (Å²) in [5, 5.41) is 34.7. The molecule has 35 heavy (non-hydrogen) atoms. The zero-order valence-corrected chi connectivity index (χ0v) is 21.0. The molecule has 0 saturated heterocycles. The second-order valence-electron chi connectivity index (χ2n) is 7.12. The fourth-order valence-electron chi connectivity index (χ4n) is 3.09. The first kappa shape index (κ1) is 28.1. The molecule has 2 N–H and O–H groups in total. The molecule has 0 radical (unpaired) electrons. The van der Waals surface area contributed by atoms with Gasteiger partial charge in [0.15, 0.2) is 0 Å². The maximum atomic E-state index is 12.7. The Kier molecular flexibility index (Phi) is 10.1. The molecule has 2 rings (SSSR count). The number of hydrogen-bond acceptors (Lipinski definition) is 10. The first-order valence-corrected chi connectivity index (χ1v) is 12.7. The van der Waals surface area contributed by atoms with Crippen LogP contribution in [0.15, 0.2) is 41.3 Å². The van der Waals surface area contributed by atoms with Crippen LogP contribution < -0.4 is 10.2 Å². The van der Waals surface area contributed by atoms with Crippen molar-refractivity contribution in [2.75, 3.05) is 43.1 Å². The minimum Gasteiger partial charge on any atom is -0.395 e. The van der Waals surface area contributed by atoms with Crippen molar-refractivity contribution >= 4 is 49.0 Å². The number of anilines is 1. The molecular formula is C20H23BrN4O9S. The number of benzene rings is 2. The Labute approximate surface area is 209 Å². The van der Waals surface area contributed by atoms with Crippen molar-refractivity contribution in [3.05, 3.63) is 67.8 Å². The van der Waals surface area contributed by atoms with Gasteiger partial charge in [0.25, 0.3) is 27.4 Å². The average molecular weight is 575 g/mol. The number of nitrogens with one attached hydrogen (secondary N) is 1. The zero-order valence-electron chi connectivity index (χ0n) is 18.5. The zero-order chi connectivity index (χ0) is 26.2. The second kappa shape index (κ2) is 12.5. The van der Waals surface area contributed by atoms with Crippen LogP contribution in [0, 0.1) is 27.2 Å². The van der Waals surface area contributed by atoms with Crippen molar-refractivity contribution in [3.8, 4) is 0 Å². The lowest BCUT2D eigenvalue weighted by molar-refractivity contribution is -0.393. The van der Waals surface area contributed by atoms with Gasteiger partial charge in [-0.15, -0.1) is 0 Å². The monoisotopic (exact) mass is 574 g/mol. The Balaban J connectivity index is 2.45. The number of alkyl halides is 1. The van der Waals surface area contributed by atoms with Gasteiger partial charge in [0.1, 0.15) is 5.69 Å². The normalized spacial score (nSPS) is 11.2. The first-order chi connectivity index (χ1) is 16.5. The Morgan fingerprint density at radius 2 is 1.80 bits per heavy atom. The van der Waals surface area contributed by atoms with Gasteiger partial charge in [0.2, 0.25) is 0 Å². The number of carbonyl (C=O) groups excluding carboxylic acids is 1. The predicted molar refractivity (Wildman–Crippen MR) is 129 cm³/mol. The number of aliphatic hydroxyl groups excluding tert-OH is 1. The SMILES string of the molecule is Cc1ccc(S(=O)(=O)OCCN(CCBr)c2c(C(=O)NCCO)cc([N+](=O)[O-])cc2[N+](=O)[O-])cc1. The summed E-state index contributed by atoms with van der Waals surface area (Å²) in [5.41, 5.74) is -1.15. The van der Waals surface area contributed by atoms with Crippen LogP contribution >= 0.6 is 15.9 Å². The van der Waals surface area contributed by atoms with E-state index >= 15 is 0 Å². The van der Waals surface area contributed by atoms with Crippen molar-refractivity contribution in [3.63, 3.8) is 0 Å². The molecule has 0 fully saturated rings. The van der Waals surface area contributed by atoms with E-state index in [0.717, 1.165) is 17.7 Å². The molecule has 190 valence electrons. The summed E-state index contributed by atoms with van der Waals surface area (Å²) in [6.07, 6.45) is 0. The summed E-state index contributed by atoms with van der Waals surface area (Å²) in [4.78, 5) is 35.3. The molecule has 0 saturated carbocycles. The van der Waals surface area contributed by atoms with E-state index in [2.05, 4.69) is 21.2 Å². The number of amides is 1. The number of halogens is 1. The van der Waals surface area contributed by atoms with Crippen LogP contribution in [-0.2, 0) is 14.3 Å². The molecule has 0 aliphatic heterocycles. The quantitative estimate of drug-likeness (QED) is 0.155. The van der Waals surface area contributed by atoms with E-state index in [1.807, 2.05) is 0 Å². The van der Waals surface area contributed by atoms with Crippen LogP contribution in [0.4, 0.5) is 17.1 Å². The Hall–Kier alpha value is -3.14. The third-order valence-corrected chi connectivity index (χ3v) is 6.39. The van der Waals surface area contributed by atoms with Gasteiger partial charge in [-0.2, -0.15) is 8.42 Å². The van der Waals surface area contributed by atoms with E-state index in [4.69, 9.17) is 9.29 Å². The largest absolute Gasteiger partial charge is 0.395 e. The summed E-state index contributed by atoms with van der Waals surface area (Å²) in [6.45, 7) is 0.636. The summed E-state index contributed by atoms with van der Waals surface area (Å²) in [6, 6.07) is 7.58. The fourth-order valence-corrected chi connectivity index (χ4v) is 4.41. The number of nitro groups is 2. The van der Waals surface area contributed by atoms with Gasteiger partial charge in [-0.25, -0.2) is 0 Å². The number of aryl methyl sites for hydroxylation is 1. The third-order valence-electron chi connectivity index (χ3n) is 4.70. The van der Waals surface area contributed by atoms with E-state index in [9.17, 15) is 33.4 Å². The van der Waals surface area contributed by atoms with Gasteiger partial charge in [0, 0.05) is 31.0 Å². The molecule has 0 spiro atoms. The van der Waals surface area contributed by atoms with Crippen molar-refractivity contribution in [2.24, 2.45) is 0 Å². The van der Waals surface area contributed by atoms with Gasteiger partial charge in [-0.05, 0) is 19.1 Å². The molecule has 1 amide bonds. The van der Waals surface area contributed by atoms with E-state index in [-0.39, 0.29) is 41.1 Å². The van der Waals surface area contributed by atoms with E-state index in [1.54, 1.807) is 19.1 Å². The van der Waals surface area contributed by atoms with E-state index < -0.39 is 50.5 Å². The molecule has 15 heteroatoms. The number of nitro benzene ring substituents is 2. The highest BCUT2D eigenvalue weighted by molar-refractivity contribution is 9.09. The minimum absolute atomic E-state index is 0.0690. The van der Waals surface area contributed by atoms with Crippen LogP contribution in [0.25, 0.3) is 0 Å². The van der Waals surface area contributed by atoms with Gasteiger partial charge < -0.3 is 15.3 Å². The lowest BCUT2D eigenvalue weighted by Gasteiger charge is -2.25. The highest BCUT2D eigenvalue weighted by Crippen LogP contribution is 2.36. The first-order valence-electron chi connectivity index (χ1n) is 10.1. The number of carbonyl (C=O) groups is 1. The van der Waals surface area contributed by atoms with Crippen molar-refractivity contribution < 1.29 is 32.3 Å². The molecule has 13 nitrogen and oxygen atoms in total. The predicted octanol–water partition coefficient (Wildman–Crippen LogP) is 2.14. The summed E-state index contributed by atoms with van der Waals surface area (Å²) in [5.74, 6) is -0.881. The van der Waals surface area contributed by atoms with Gasteiger partial charge in [-0.1, -0.05) is 33.6 Å². The molecule has 0 aliphatic rings. The summed E-state index contributed by atoms with van der Waals surface area (Å²) >= 11 is 3.21. The number of non-ortho nitro benzene ring substituents is 1.